The Kier molecular flexibility index (Phi) is 5.98. The Morgan fingerprint density at radius 1 is 1.08 bits per heavy atom. The minimum absolute atomic E-state index is 0.171. The molecule has 0 bridgehead atoms. The van der Waals surface area contributed by atoms with Crippen LogP contribution in [0.5, 0.6) is 5.75 Å². The number of ether oxygens (including phenoxy) is 2. The van der Waals surface area contributed by atoms with E-state index in [2.05, 4.69) is 14.7 Å². The van der Waals surface area contributed by atoms with Crippen LogP contribution < -0.4 is 4.74 Å². The fourth-order valence-electron chi connectivity index (χ4n) is 1.72. The van der Waals surface area contributed by atoms with Gasteiger partial charge in [0.25, 0.3) is 6.26 Å². The highest BCUT2D eigenvalue weighted by Gasteiger charge is 2.05. The average Bonchev–Trinajstić information content (AvgIpc) is 2.61. The number of nitriles is 1. The molecular formula is C17H11N3O4. The first kappa shape index (κ1) is 16.6. The van der Waals surface area contributed by atoms with Gasteiger partial charge in [-0.3, -0.25) is 4.79 Å². The standard InChI is InChI=1S/C17H11N3O4/c18-10-24-16-7-5-15(6-8-16)20-12-23-9-17(22)13-1-3-14(4-2-13)19-11-21/h1-8,12H,9H2. The number of Topliss-reactive ketones (excluding diaryl/α,β-unsaturated/α-hetero) is 1. The molecule has 0 heterocycles. The smallest absolute Gasteiger partial charge is 0.292 e. The second kappa shape index (κ2) is 8.63. The van der Waals surface area contributed by atoms with Crippen molar-refractivity contribution in [2.24, 2.45) is 9.98 Å². The normalized spacial score (nSPS) is 9.79. The predicted molar refractivity (Wildman–Crippen MR) is 85.3 cm³/mol. The molecule has 0 radical (unpaired) electrons. The predicted octanol–water partition coefficient (Wildman–Crippen LogP) is 3.07. The zero-order valence-electron chi connectivity index (χ0n) is 12.4. The van der Waals surface area contributed by atoms with Crippen molar-refractivity contribution in [2.45, 2.75) is 0 Å². The molecular weight excluding hydrogens is 310 g/mol. The summed E-state index contributed by atoms with van der Waals surface area (Å²) in [6, 6.07) is 12.6. The number of aliphatic imine (C=N–C) groups is 2. The van der Waals surface area contributed by atoms with Crippen LogP contribution in [0.1, 0.15) is 10.4 Å². The second-order valence-corrected chi connectivity index (χ2v) is 4.41. The number of hydrogen-bond acceptors (Lipinski definition) is 7. The maximum atomic E-state index is 11.9. The van der Waals surface area contributed by atoms with Crippen LogP contribution in [0.2, 0.25) is 0 Å². The van der Waals surface area contributed by atoms with Gasteiger partial charge in [0.05, 0.1) is 11.4 Å². The fourth-order valence-corrected chi connectivity index (χ4v) is 1.72. The van der Waals surface area contributed by atoms with E-state index in [1.807, 2.05) is 0 Å². The van der Waals surface area contributed by atoms with Gasteiger partial charge in [0.15, 0.2) is 18.8 Å². The zero-order valence-corrected chi connectivity index (χ0v) is 12.4. The van der Waals surface area contributed by atoms with Crippen molar-refractivity contribution < 1.29 is 19.1 Å². The molecule has 0 saturated carbocycles. The lowest BCUT2D eigenvalue weighted by molar-refractivity contribution is 0.0919. The van der Waals surface area contributed by atoms with E-state index in [1.165, 1.54) is 24.6 Å². The molecule has 24 heavy (non-hydrogen) atoms. The van der Waals surface area contributed by atoms with Gasteiger partial charge in [-0.15, -0.1) is 5.26 Å². The molecule has 0 saturated heterocycles. The van der Waals surface area contributed by atoms with E-state index in [1.54, 1.807) is 42.7 Å². The topological polar surface area (TPSA) is 101 Å². The minimum Gasteiger partial charge on any atom is -0.475 e. The largest absolute Gasteiger partial charge is 0.475 e. The van der Waals surface area contributed by atoms with Crippen molar-refractivity contribution >= 4 is 29.6 Å². The van der Waals surface area contributed by atoms with Crippen LogP contribution >= 0.6 is 0 Å². The molecule has 0 aliphatic carbocycles. The molecule has 118 valence electrons. The molecule has 7 heteroatoms. The Morgan fingerprint density at radius 3 is 2.38 bits per heavy atom. The van der Waals surface area contributed by atoms with Crippen molar-refractivity contribution in [3.63, 3.8) is 0 Å². The van der Waals surface area contributed by atoms with Crippen LogP contribution in [0.15, 0.2) is 58.5 Å². The van der Waals surface area contributed by atoms with Crippen molar-refractivity contribution in [1.29, 1.82) is 5.26 Å². The first-order valence-corrected chi connectivity index (χ1v) is 6.74. The van der Waals surface area contributed by atoms with Crippen LogP contribution in [0, 0.1) is 11.5 Å². The number of nitrogens with zero attached hydrogens (tertiary/aromatic N) is 3. The summed E-state index contributed by atoms with van der Waals surface area (Å²) < 4.78 is 9.74. The summed E-state index contributed by atoms with van der Waals surface area (Å²) in [4.78, 5) is 29.5. The molecule has 0 spiro atoms. The Hall–Kier alpha value is -3.75. The summed E-state index contributed by atoms with van der Waals surface area (Å²) in [7, 11) is 0. The van der Waals surface area contributed by atoms with Crippen molar-refractivity contribution in [3.8, 4) is 12.0 Å². The van der Waals surface area contributed by atoms with E-state index >= 15 is 0 Å². The third-order valence-electron chi connectivity index (χ3n) is 2.85. The van der Waals surface area contributed by atoms with E-state index in [0.717, 1.165) is 0 Å². The van der Waals surface area contributed by atoms with Crippen molar-refractivity contribution in [2.75, 3.05) is 6.61 Å². The van der Waals surface area contributed by atoms with Gasteiger partial charge in [-0.1, -0.05) is 0 Å². The highest BCUT2D eigenvalue weighted by atomic mass is 16.5. The molecule has 0 aliphatic heterocycles. The zero-order chi connectivity index (χ0) is 17.2. The number of isocyanates is 1. The lowest BCUT2D eigenvalue weighted by Crippen LogP contribution is -2.07. The number of hydrogen-bond donors (Lipinski definition) is 0. The Morgan fingerprint density at radius 2 is 1.75 bits per heavy atom. The molecule has 0 unspecified atom stereocenters. The third kappa shape index (κ3) is 4.91. The number of rotatable bonds is 7. The lowest BCUT2D eigenvalue weighted by atomic mass is 10.1. The summed E-state index contributed by atoms with van der Waals surface area (Å²) in [5.41, 5.74) is 1.45. The van der Waals surface area contributed by atoms with Crippen LogP contribution in [-0.2, 0) is 9.53 Å². The molecule has 0 N–H and O–H groups in total. The number of benzene rings is 2. The fraction of sp³-hybridized carbons (Fsp3) is 0.0588. The quantitative estimate of drug-likeness (QED) is 0.256. The molecule has 0 aromatic heterocycles. The first-order valence-electron chi connectivity index (χ1n) is 6.74. The second-order valence-electron chi connectivity index (χ2n) is 4.41. The molecule has 0 aliphatic rings. The van der Waals surface area contributed by atoms with E-state index in [4.69, 9.17) is 10.00 Å². The van der Waals surface area contributed by atoms with Gasteiger partial charge in [-0.05, 0) is 48.5 Å². The third-order valence-corrected chi connectivity index (χ3v) is 2.85. The van der Waals surface area contributed by atoms with Gasteiger partial charge in [-0.25, -0.2) is 9.79 Å². The Labute approximate surface area is 137 Å². The Bertz CT molecular complexity index is 814. The summed E-state index contributed by atoms with van der Waals surface area (Å²) in [5.74, 6) is 0.177. The Balaban J connectivity index is 1.85. The summed E-state index contributed by atoms with van der Waals surface area (Å²) in [6.45, 7) is -0.171. The van der Waals surface area contributed by atoms with Crippen LogP contribution in [0.4, 0.5) is 11.4 Å². The van der Waals surface area contributed by atoms with Gasteiger partial charge < -0.3 is 9.47 Å². The summed E-state index contributed by atoms with van der Waals surface area (Å²) in [5, 5.41) is 8.37. The highest BCUT2D eigenvalue weighted by Crippen LogP contribution is 2.17. The molecule has 7 nitrogen and oxygen atoms in total. The van der Waals surface area contributed by atoms with Crippen LogP contribution in [0.3, 0.4) is 0 Å². The van der Waals surface area contributed by atoms with Crippen molar-refractivity contribution in [1.82, 2.24) is 0 Å². The number of carbonyl (C=O) groups excluding carboxylic acids is 2. The number of ketones is 1. The molecule has 2 aromatic rings. The molecule has 2 aromatic carbocycles. The lowest BCUT2D eigenvalue weighted by Gasteiger charge is -2.01. The van der Waals surface area contributed by atoms with E-state index < -0.39 is 0 Å². The number of carbonyl (C=O) groups is 1. The monoisotopic (exact) mass is 321 g/mol. The van der Waals surface area contributed by atoms with Crippen LogP contribution in [-0.4, -0.2) is 24.9 Å². The highest BCUT2D eigenvalue weighted by molar-refractivity contribution is 5.97. The van der Waals surface area contributed by atoms with E-state index in [0.29, 0.717) is 22.7 Å². The van der Waals surface area contributed by atoms with Gasteiger partial charge >= 0.3 is 0 Å². The van der Waals surface area contributed by atoms with Gasteiger partial charge in [0, 0.05) is 5.56 Å². The van der Waals surface area contributed by atoms with Gasteiger partial charge in [0.1, 0.15) is 5.75 Å². The maximum absolute atomic E-state index is 11.9. The maximum Gasteiger partial charge on any atom is 0.292 e. The molecule has 2 rings (SSSR count). The van der Waals surface area contributed by atoms with E-state index in [-0.39, 0.29) is 12.4 Å². The summed E-state index contributed by atoms with van der Waals surface area (Å²) >= 11 is 0. The van der Waals surface area contributed by atoms with Crippen LogP contribution in [0.25, 0.3) is 0 Å². The van der Waals surface area contributed by atoms with Gasteiger partial charge in [0.2, 0.25) is 6.08 Å². The first-order chi connectivity index (χ1) is 11.7. The molecule has 0 fully saturated rings. The van der Waals surface area contributed by atoms with E-state index in [9.17, 15) is 9.59 Å². The average molecular weight is 321 g/mol. The van der Waals surface area contributed by atoms with Crippen molar-refractivity contribution in [3.05, 3.63) is 54.1 Å². The molecule has 0 amide bonds. The summed E-state index contributed by atoms with van der Waals surface area (Å²) in [6.07, 6.45) is 4.16. The SMILES string of the molecule is N#COc1ccc(N=COCC(=O)c2ccc(N=C=O)cc2)cc1. The minimum atomic E-state index is -0.235. The molecule has 0 atom stereocenters. The van der Waals surface area contributed by atoms with Gasteiger partial charge in [-0.2, -0.15) is 4.99 Å².